The molecular formula is C46H74O20. The molecule has 8 rings (SSSR count). The highest BCUT2D eigenvalue weighted by Crippen LogP contribution is 2.66. The zero-order chi connectivity index (χ0) is 47.9. The first-order valence-corrected chi connectivity index (χ1v) is 24.0. The summed E-state index contributed by atoms with van der Waals surface area (Å²) >= 11 is 0. The first kappa shape index (κ1) is 50.9. The molecule has 378 valence electrons. The van der Waals surface area contributed by atoms with E-state index in [0.29, 0.717) is 25.9 Å². The number of hydrogen-bond acceptors (Lipinski definition) is 20. The predicted octanol–water partition coefficient (Wildman–Crippen LogP) is -0.988. The van der Waals surface area contributed by atoms with Crippen LogP contribution in [0.1, 0.15) is 99.8 Å². The Kier molecular flexibility index (Phi) is 14.8. The van der Waals surface area contributed by atoms with Crippen molar-refractivity contribution in [1.82, 2.24) is 0 Å². The maximum atomic E-state index is 12.4. The second-order valence-electron chi connectivity index (χ2n) is 21.2. The highest BCUT2D eigenvalue weighted by Gasteiger charge is 2.65. The second kappa shape index (κ2) is 19.2. The number of cyclic esters (lactones) is 1. The Bertz CT molecular complexity index is 1730. The van der Waals surface area contributed by atoms with Crippen molar-refractivity contribution < 1.29 is 98.5 Å². The summed E-state index contributed by atoms with van der Waals surface area (Å²) in [6.45, 7) is 12.9. The van der Waals surface area contributed by atoms with Gasteiger partial charge >= 0.3 is 5.97 Å². The lowest BCUT2D eigenvalue weighted by Gasteiger charge is -2.58. The highest BCUT2D eigenvalue weighted by atomic mass is 16.8. The number of ether oxygens (including phenoxy) is 9. The van der Waals surface area contributed by atoms with Crippen molar-refractivity contribution in [2.24, 2.45) is 28.6 Å². The molecule has 0 radical (unpaired) electrons. The molecule has 0 amide bonds. The molecule has 66 heavy (non-hydrogen) atoms. The van der Waals surface area contributed by atoms with E-state index in [4.69, 9.17) is 42.6 Å². The van der Waals surface area contributed by atoms with Crippen molar-refractivity contribution in [2.45, 2.75) is 234 Å². The first-order chi connectivity index (χ1) is 31.0. The van der Waals surface area contributed by atoms with Gasteiger partial charge in [0.1, 0.15) is 79.9 Å². The zero-order valence-corrected chi connectivity index (χ0v) is 38.9. The van der Waals surface area contributed by atoms with Crippen LogP contribution in [0.15, 0.2) is 11.6 Å². The molecule has 0 bridgehead atoms. The number of esters is 1. The number of hydrogen-bond donors (Lipinski definition) is 10. The van der Waals surface area contributed by atoms with Crippen LogP contribution in [0.4, 0.5) is 0 Å². The molecule has 5 heterocycles. The van der Waals surface area contributed by atoms with Gasteiger partial charge in [-0.2, -0.15) is 0 Å². The number of fused-ring (bicyclic) bond motifs is 1. The minimum Gasteiger partial charge on any atom is -0.458 e. The molecule has 5 aliphatic heterocycles. The van der Waals surface area contributed by atoms with E-state index in [1.54, 1.807) is 13.0 Å². The average molecular weight is 947 g/mol. The largest absolute Gasteiger partial charge is 0.458 e. The molecule has 14 unspecified atom stereocenters. The minimum absolute atomic E-state index is 0.0210. The second-order valence-corrected chi connectivity index (χ2v) is 21.2. The molecule has 0 aromatic rings. The monoisotopic (exact) mass is 946 g/mol. The first-order valence-electron chi connectivity index (χ1n) is 24.0. The van der Waals surface area contributed by atoms with E-state index in [1.807, 2.05) is 0 Å². The van der Waals surface area contributed by atoms with Gasteiger partial charge in [0.05, 0.1) is 36.1 Å². The standard InChI is InChI=1S/C46H74O20/c1-18-25(10-14-45(7)26(11-15-46(18,45)57)23-16-27(47)58-17-23)44(6)12-8-24(9-13-44)63-41-34(54)37(29(49)20(3)60-41)65-43-36(56)39(31(51)22(5)62-43)66-42-35(55)38(30(50)21(4)61-42)64-40-33(53)32(52)28(48)19(2)59-40/h16,18-22,24-26,28-43,48-57H,8-15,17H2,1-7H3/t18-,19?,20?,21?,22?,24?,25?,26-,28?,29?,30?,31?,32+,33+,34+,35+,36+,37+,38+,39+,40?,41?,42?,43?,44?,45?,46+/m1/s1. The molecule has 25 atom stereocenters. The fourth-order valence-electron chi connectivity index (χ4n) is 12.9. The SMILES string of the molecule is CC1OC(O[C@H]2C(O)C(C)OC(O[C@H]3C(O)C(C)OC(O[C@H]4C(O)C(C)OC(OC5CCC(C)(C6CCC7(C)[C@@H](C8=CC(=O)OC8)CC[C@]7(O)[C@@H]6C)CC5)[C@H]4O)[C@H]3O)[C@H]2O)[C@@H](O)[C@@H](O)C1O. The van der Waals surface area contributed by atoms with Gasteiger partial charge in [0.2, 0.25) is 0 Å². The summed E-state index contributed by atoms with van der Waals surface area (Å²) in [5.41, 5.74) is -0.339. The number of carbonyl (C=O) groups is 1. The summed E-state index contributed by atoms with van der Waals surface area (Å²) in [6, 6.07) is 0. The van der Waals surface area contributed by atoms with Crippen molar-refractivity contribution >= 4 is 5.97 Å². The highest BCUT2D eigenvalue weighted by molar-refractivity contribution is 5.85. The van der Waals surface area contributed by atoms with Gasteiger partial charge in [-0.3, -0.25) is 0 Å². The van der Waals surface area contributed by atoms with Crippen LogP contribution in [0.3, 0.4) is 0 Å². The molecule has 4 saturated heterocycles. The summed E-state index contributed by atoms with van der Waals surface area (Å²) in [6.07, 6.45) is -21.4. The van der Waals surface area contributed by atoms with Crippen LogP contribution in [0.2, 0.25) is 0 Å². The third-order valence-electron chi connectivity index (χ3n) is 17.4. The van der Waals surface area contributed by atoms with Crippen molar-refractivity contribution in [1.29, 1.82) is 0 Å². The minimum atomic E-state index is -1.81. The van der Waals surface area contributed by atoms with E-state index in [0.717, 1.165) is 37.7 Å². The third-order valence-corrected chi connectivity index (χ3v) is 17.4. The Hall–Kier alpha value is -1.51. The molecule has 3 saturated carbocycles. The summed E-state index contributed by atoms with van der Waals surface area (Å²) in [4.78, 5) is 11.9. The smallest absolute Gasteiger partial charge is 0.331 e. The van der Waals surface area contributed by atoms with Crippen LogP contribution >= 0.6 is 0 Å². The van der Waals surface area contributed by atoms with E-state index < -0.39 is 128 Å². The molecule has 3 aliphatic carbocycles. The number of aliphatic hydroxyl groups excluding tert-OH is 9. The third kappa shape index (κ3) is 8.95. The van der Waals surface area contributed by atoms with E-state index in [2.05, 4.69) is 20.8 Å². The zero-order valence-electron chi connectivity index (χ0n) is 38.9. The van der Waals surface area contributed by atoms with Crippen LogP contribution in [-0.2, 0) is 47.4 Å². The maximum Gasteiger partial charge on any atom is 0.331 e. The van der Waals surface area contributed by atoms with Crippen LogP contribution in [0.25, 0.3) is 0 Å². The lowest BCUT2D eigenvalue weighted by atomic mass is 9.49. The lowest BCUT2D eigenvalue weighted by molar-refractivity contribution is -0.386. The molecule has 20 heteroatoms. The van der Waals surface area contributed by atoms with E-state index >= 15 is 0 Å². The Morgan fingerprint density at radius 3 is 1.42 bits per heavy atom. The Morgan fingerprint density at radius 1 is 0.530 bits per heavy atom. The van der Waals surface area contributed by atoms with Crippen LogP contribution in [0, 0.1) is 28.6 Å². The number of rotatable bonds is 10. The van der Waals surface area contributed by atoms with E-state index in [-0.39, 0.29) is 40.7 Å². The van der Waals surface area contributed by atoms with Crippen LogP contribution < -0.4 is 0 Å². The molecular weight excluding hydrogens is 872 g/mol. The van der Waals surface area contributed by atoms with Crippen LogP contribution in [0.5, 0.6) is 0 Å². The van der Waals surface area contributed by atoms with Crippen molar-refractivity contribution in [2.75, 3.05) is 6.61 Å². The van der Waals surface area contributed by atoms with Crippen molar-refractivity contribution in [3.05, 3.63) is 11.6 Å². The van der Waals surface area contributed by atoms with Crippen molar-refractivity contribution in [3.63, 3.8) is 0 Å². The molecule has 7 fully saturated rings. The summed E-state index contributed by atoms with van der Waals surface area (Å²) in [7, 11) is 0. The molecule has 0 spiro atoms. The Balaban J connectivity index is 0.882. The molecule has 20 nitrogen and oxygen atoms in total. The summed E-state index contributed by atoms with van der Waals surface area (Å²) in [5.74, 6) is 0.0606. The van der Waals surface area contributed by atoms with E-state index in [9.17, 15) is 55.9 Å². The average Bonchev–Trinajstić information content (AvgIpc) is 3.83. The predicted molar refractivity (Wildman–Crippen MR) is 224 cm³/mol. The van der Waals surface area contributed by atoms with Gasteiger partial charge in [0.15, 0.2) is 25.2 Å². The van der Waals surface area contributed by atoms with Gasteiger partial charge in [0, 0.05) is 11.5 Å². The number of carbonyl (C=O) groups excluding carboxylic acids is 1. The van der Waals surface area contributed by atoms with Crippen molar-refractivity contribution in [3.8, 4) is 0 Å². The number of aliphatic hydroxyl groups is 10. The molecule has 0 aromatic carbocycles. The summed E-state index contributed by atoms with van der Waals surface area (Å²) in [5, 5.41) is 111. The van der Waals surface area contributed by atoms with E-state index in [1.165, 1.54) is 20.8 Å². The summed E-state index contributed by atoms with van der Waals surface area (Å²) < 4.78 is 52.6. The van der Waals surface area contributed by atoms with Gasteiger partial charge in [0.25, 0.3) is 0 Å². The topological polar surface area (TPSA) is 302 Å². The van der Waals surface area contributed by atoms with Crippen LogP contribution in [-0.4, -0.2) is 198 Å². The maximum absolute atomic E-state index is 12.4. The normalized spacial score (nSPS) is 55.8. The Labute approximate surface area is 385 Å². The van der Waals surface area contributed by atoms with Gasteiger partial charge in [-0.15, -0.1) is 0 Å². The molecule has 10 N–H and O–H groups in total. The molecule has 8 aliphatic rings. The fraction of sp³-hybridized carbons (Fsp3) is 0.935. The Morgan fingerprint density at radius 2 is 0.970 bits per heavy atom. The van der Waals surface area contributed by atoms with Gasteiger partial charge in [-0.25, -0.2) is 4.79 Å². The van der Waals surface area contributed by atoms with Gasteiger partial charge < -0.3 is 93.7 Å². The molecule has 0 aromatic heterocycles. The van der Waals surface area contributed by atoms with Gasteiger partial charge in [-0.1, -0.05) is 20.8 Å². The lowest BCUT2D eigenvalue weighted by Crippen LogP contribution is -2.66. The fourth-order valence-corrected chi connectivity index (χ4v) is 12.9. The quantitative estimate of drug-likeness (QED) is 0.118. The van der Waals surface area contributed by atoms with Gasteiger partial charge in [-0.05, 0) is 108 Å².